The maximum atomic E-state index is 13.1. The molecule has 0 saturated heterocycles. The smallest absolute Gasteiger partial charge is 0.408 e. The fraction of sp³-hybridized carbons (Fsp3) is 0.324. The lowest BCUT2D eigenvalue weighted by Gasteiger charge is -2.44. The van der Waals surface area contributed by atoms with E-state index in [0.29, 0.717) is 5.69 Å². The van der Waals surface area contributed by atoms with Crippen LogP contribution in [-0.4, -0.2) is 43.7 Å². The topological polar surface area (TPSA) is 96.3 Å². The number of fused-ring (bicyclic) bond motifs is 1. The van der Waals surface area contributed by atoms with Gasteiger partial charge in [-0.05, 0) is 36.2 Å². The zero-order valence-electron chi connectivity index (χ0n) is 25.2. The molecule has 2 unspecified atom stereocenters. The number of aromatic nitrogens is 1. The standard InChI is InChI=1S/C34H40N4O3Si/c1-33(2,3)41-32(39)38-31(29(21-35)37-30-23-36-22-25-15-13-14-20-28(25)30)24-40-42(34(4,5)6,26-16-9-7-10-17-26)27-18-11-8-12-19-27/h7-20,22-23,29,31,37H,24H2,1-6H3,(H,38,39). The van der Waals surface area contributed by atoms with E-state index in [1.807, 2.05) is 81.4 Å². The summed E-state index contributed by atoms with van der Waals surface area (Å²) in [6, 6.07) is 29.2. The number of carbonyl (C=O) groups is 1. The van der Waals surface area contributed by atoms with Crippen LogP contribution in [0.1, 0.15) is 41.5 Å². The van der Waals surface area contributed by atoms with Gasteiger partial charge in [-0.1, -0.05) is 106 Å². The number of rotatable bonds is 9. The van der Waals surface area contributed by atoms with Crippen LogP contribution in [0.4, 0.5) is 10.5 Å². The van der Waals surface area contributed by atoms with E-state index in [4.69, 9.17) is 9.16 Å². The minimum absolute atomic E-state index is 0.0793. The number of benzene rings is 3. The van der Waals surface area contributed by atoms with Gasteiger partial charge in [0, 0.05) is 17.0 Å². The summed E-state index contributed by atoms with van der Waals surface area (Å²) >= 11 is 0. The number of amides is 1. The highest BCUT2D eigenvalue weighted by atomic mass is 28.4. The Kier molecular flexibility index (Phi) is 9.35. The first kappa shape index (κ1) is 30.8. The summed E-state index contributed by atoms with van der Waals surface area (Å²) in [6.45, 7) is 12.1. The second-order valence-corrected chi connectivity index (χ2v) is 16.7. The molecule has 8 heteroatoms. The van der Waals surface area contributed by atoms with Gasteiger partial charge in [0.15, 0.2) is 0 Å². The van der Waals surface area contributed by atoms with Crippen molar-refractivity contribution < 1.29 is 14.0 Å². The van der Waals surface area contributed by atoms with Crippen LogP contribution in [0.5, 0.6) is 0 Å². The molecule has 1 heterocycles. The second-order valence-electron chi connectivity index (χ2n) is 12.4. The number of hydrogen-bond acceptors (Lipinski definition) is 6. The molecule has 3 aromatic carbocycles. The minimum atomic E-state index is -2.95. The van der Waals surface area contributed by atoms with Crippen LogP contribution in [0.25, 0.3) is 10.8 Å². The molecule has 2 N–H and O–H groups in total. The van der Waals surface area contributed by atoms with E-state index in [2.05, 4.69) is 66.7 Å². The SMILES string of the molecule is CC(C)(C)OC(=O)NC(CO[Si](c1ccccc1)(c1ccccc1)C(C)(C)C)C(C#N)Nc1cncc2ccccc12. The van der Waals surface area contributed by atoms with E-state index in [9.17, 15) is 10.1 Å². The zero-order chi connectivity index (χ0) is 30.4. The third-order valence-electron chi connectivity index (χ3n) is 7.12. The molecule has 42 heavy (non-hydrogen) atoms. The van der Waals surface area contributed by atoms with Crippen LogP contribution in [0, 0.1) is 11.3 Å². The fourth-order valence-corrected chi connectivity index (χ4v) is 9.86. The van der Waals surface area contributed by atoms with Gasteiger partial charge in [-0.3, -0.25) is 4.98 Å². The monoisotopic (exact) mass is 580 g/mol. The highest BCUT2D eigenvalue weighted by Gasteiger charge is 2.50. The first-order valence-corrected chi connectivity index (χ1v) is 16.1. The number of anilines is 1. The van der Waals surface area contributed by atoms with Crippen LogP contribution in [0.15, 0.2) is 97.3 Å². The number of nitrogens with one attached hydrogen (secondary N) is 2. The molecular formula is C34H40N4O3Si. The fourth-order valence-electron chi connectivity index (χ4n) is 5.28. The molecule has 0 aliphatic heterocycles. The van der Waals surface area contributed by atoms with Crippen LogP contribution in [-0.2, 0) is 9.16 Å². The van der Waals surface area contributed by atoms with Gasteiger partial charge in [-0.2, -0.15) is 5.26 Å². The Hall–Kier alpha value is -4.19. The Labute approximate surface area is 250 Å². The van der Waals surface area contributed by atoms with Crippen molar-refractivity contribution in [2.75, 3.05) is 11.9 Å². The molecule has 1 aromatic heterocycles. The lowest BCUT2D eigenvalue weighted by atomic mass is 10.1. The molecule has 4 aromatic rings. The van der Waals surface area contributed by atoms with Crippen LogP contribution in [0.2, 0.25) is 5.04 Å². The van der Waals surface area contributed by atoms with Gasteiger partial charge < -0.3 is 19.8 Å². The summed E-state index contributed by atoms with van der Waals surface area (Å²) in [7, 11) is -2.95. The predicted octanol–water partition coefficient (Wildman–Crippen LogP) is 6.01. The Bertz CT molecular complexity index is 1480. The number of nitrogens with zero attached hydrogens (tertiary/aromatic N) is 2. The van der Waals surface area contributed by atoms with Crippen molar-refractivity contribution >= 4 is 41.2 Å². The summed E-state index contributed by atoms with van der Waals surface area (Å²) < 4.78 is 12.7. The average molecular weight is 581 g/mol. The summed E-state index contributed by atoms with van der Waals surface area (Å²) in [5.41, 5.74) is -0.0103. The molecule has 4 rings (SSSR count). The summed E-state index contributed by atoms with van der Waals surface area (Å²) in [4.78, 5) is 17.4. The molecule has 0 saturated carbocycles. The molecule has 0 fully saturated rings. The van der Waals surface area contributed by atoms with E-state index >= 15 is 0 Å². The van der Waals surface area contributed by atoms with Gasteiger partial charge in [0.2, 0.25) is 0 Å². The number of nitriles is 1. The molecule has 0 radical (unpaired) electrons. The largest absolute Gasteiger partial charge is 0.444 e. The number of pyridine rings is 1. The van der Waals surface area contributed by atoms with Gasteiger partial charge in [0.05, 0.1) is 30.6 Å². The molecule has 2 atom stereocenters. The third kappa shape index (κ3) is 6.99. The maximum absolute atomic E-state index is 13.1. The van der Waals surface area contributed by atoms with Crippen molar-refractivity contribution in [3.8, 4) is 6.07 Å². The molecule has 0 aliphatic rings. The zero-order valence-corrected chi connectivity index (χ0v) is 26.2. The molecule has 1 amide bonds. The van der Waals surface area contributed by atoms with Crippen molar-refractivity contribution in [3.63, 3.8) is 0 Å². The van der Waals surface area contributed by atoms with Crippen LogP contribution in [0.3, 0.4) is 0 Å². The lowest BCUT2D eigenvalue weighted by Crippen LogP contribution is -2.68. The molecular weight excluding hydrogens is 540 g/mol. The molecule has 0 spiro atoms. The van der Waals surface area contributed by atoms with Crippen LogP contribution < -0.4 is 21.0 Å². The number of carbonyl (C=O) groups excluding carboxylic acids is 1. The predicted molar refractivity (Wildman–Crippen MR) is 171 cm³/mol. The van der Waals surface area contributed by atoms with Gasteiger partial charge >= 0.3 is 6.09 Å². The summed E-state index contributed by atoms with van der Waals surface area (Å²) in [6.07, 6.45) is 2.86. The Balaban J connectivity index is 1.75. The van der Waals surface area contributed by atoms with Gasteiger partial charge in [0.25, 0.3) is 8.32 Å². The van der Waals surface area contributed by atoms with Gasteiger partial charge in [0.1, 0.15) is 11.6 Å². The summed E-state index contributed by atoms with van der Waals surface area (Å²) in [5.74, 6) is 0. The maximum Gasteiger partial charge on any atom is 0.408 e. The number of ether oxygens (including phenoxy) is 1. The molecule has 7 nitrogen and oxygen atoms in total. The number of alkyl carbamates (subject to hydrolysis) is 1. The van der Waals surface area contributed by atoms with Crippen molar-refractivity contribution in [1.82, 2.24) is 10.3 Å². The van der Waals surface area contributed by atoms with Crippen molar-refractivity contribution in [2.24, 2.45) is 0 Å². The minimum Gasteiger partial charge on any atom is -0.444 e. The highest BCUT2D eigenvalue weighted by Crippen LogP contribution is 2.37. The first-order chi connectivity index (χ1) is 19.9. The molecule has 218 valence electrons. The van der Waals surface area contributed by atoms with E-state index in [1.165, 1.54) is 0 Å². The van der Waals surface area contributed by atoms with Crippen molar-refractivity contribution in [3.05, 3.63) is 97.3 Å². The average Bonchev–Trinajstić information content (AvgIpc) is 2.95. The normalized spacial score (nSPS) is 13.5. The van der Waals surface area contributed by atoms with E-state index in [1.54, 1.807) is 12.4 Å². The lowest BCUT2D eigenvalue weighted by molar-refractivity contribution is 0.0484. The Morgan fingerprint density at radius 2 is 1.45 bits per heavy atom. The van der Waals surface area contributed by atoms with E-state index in [-0.39, 0.29) is 11.6 Å². The molecule has 0 aliphatic carbocycles. The van der Waals surface area contributed by atoms with Crippen LogP contribution >= 0.6 is 0 Å². The van der Waals surface area contributed by atoms with Crippen molar-refractivity contribution in [2.45, 2.75) is 64.3 Å². The van der Waals surface area contributed by atoms with Crippen molar-refractivity contribution in [1.29, 1.82) is 5.26 Å². The first-order valence-electron chi connectivity index (χ1n) is 14.2. The second kappa shape index (κ2) is 12.8. The summed E-state index contributed by atoms with van der Waals surface area (Å²) in [5, 5.41) is 20.5. The molecule has 0 bridgehead atoms. The Morgan fingerprint density at radius 1 is 0.881 bits per heavy atom. The Morgan fingerprint density at radius 3 is 2.00 bits per heavy atom. The van der Waals surface area contributed by atoms with E-state index < -0.39 is 32.1 Å². The van der Waals surface area contributed by atoms with Gasteiger partial charge in [-0.15, -0.1) is 0 Å². The quantitative estimate of drug-likeness (QED) is 0.236. The number of hydrogen-bond donors (Lipinski definition) is 2. The highest BCUT2D eigenvalue weighted by molar-refractivity contribution is 6.99. The van der Waals surface area contributed by atoms with E-state index in [0.717, 1.165) is 21.1 Å². The third-order valence-corrected chi connectivity index (χ3v) is 12.1. The van der Waals surface area contributed by atoms with Gasteiger partial charge in [-0.25, -0.2) is 4.79 Å².